The highest BCUT2D eigenvalue weighted by atomic mass is 16.5. The SMILES string of the molecule is CC(C)NC(=O)Nc1ccc2c(c1)CC(=O)N([C@H](C)CO)C[C@@H](C)[C@@H](CN(C)Cc1ccc(Oc3ccccc3)cc1)O2. The molecule has 4 rings (SSSR count). The Morgan fingerprint density at radius 1 is 1.07 bits per heavy atom. The lowest BCUT2D eigenvalue weighted by Crippen LogP contribution is -2.47. The molecule has 3 aromatic rings. The van der Waals surface area contributed by atoms with Crippen LogP contribution in [0.15, 0.2) is 72.8 Å². The molecule has 0 saturated carbocycles. The average Bonchev–Trinajstić information content (AvgIpc) is 3.01. The molecule has 1 heterocycles. The van der Waals surface area contributed by atoms with Crippen molar-refractivity contribution in [1.29, 1.82) is 0 Å². The standard InChI is InChI=1S/C34H44N4O5/c1-23(2)35-34(41)36-28-13-16-31-27(17-28)18-33(40)38(25(4)22-39)19-24(3)32(43-31)21-37(5)20-26-11-14-30(15-12-26)42-29-9-7-6-8-10-29/h6-17,23-25,32,39H,18-22H2,1-5H3,(H2,35,36,41)/t24-,25-,32-/m1/s1. The monoisotopic (exact) mass is 588 g/mol. The molecular weight excluding hydrogens is 544 g/mol. The van der Waals surface area contributed by atoms with Crippen LogP contribution in [-0.4, -0.2) is 71.8 Å². The first-order valence-electron chi connectivity index (χ1n) is 14.9. The summed E-state index contributed by atoms with van der Waals surface area (Å²) in [6.07, 6.45) is -0.125. The van der Waals surface area contributed by atoms with E-state index in [0.717, 1.165) is 17.1 Å². The van der Waals surface area contributed by atoms with Gasteiger partial charge in [0.2, 0.25) is 5.91 Å². The van der Waals surface area contributed by atoms with Crippen LogP contribution in [0.25, 0.3) is 0 Å². The summed E-state index contributed by atoms with van der Waals surface area (Å²) < 4.78 is 12.6. The fourth-order valence-electron chi connectivity index (χ4n) is 5.13. The molecule has 0 aromatic heterocycles. The van der Waals surface area contributed by atoms with Crippen LogP contribution in [0.5, 0.6) is 17.2 Å². The molecule has 1 aliphatic rings. The van der Waals surface area contributed by atoms with Crippen molar-refractivity contribution in [1.82, 2.24) is 15.1 Å². The molecule has 3 amide bonds. The molecule has 0 aliphatic carbocycles. The second kappa shape index (κ2) is 14.9. The van der Waals surface area contributed by atoms with Gasteiger partial charge in [0.15, 0.2) is 0 Å². The molecule has 9 heteroatoms. The normalized spacial score (nSPS) is 17.8. The van der Waals surface area contributed by atoms with Crippen LogP contribution in [0.4, 0.5) is 10.5 Å². The minimum Gasteiger partial charge on any atom is -0.488 e. The number of nitrogens with one attached hydrogen (secondary N) is 2. The lowest BCUT2D eigenvalue weighted by atomic mass is 10.0. The molecule has 43 heavy (non-hydrogen) atoms. The average molecular weight is 589 g/mol. The van der Waals surface area contributed by atoms with E-state index in [2.05, 4.69) is 41.6 Å². The third kappa shape index (κ3) is 9.20. The Kier molecular flexibility index (Phi) is 11.0. The number of nitrogens with zero attached hydrogens (tertiary/aromatic N) is 2. The van der Waals surface area contributed by atoms with Crippen LogP contribution in [0.1, 0.15) is 38.8 Å². The minimum absolute atomic E-state index is 0.00825. The molecular formula is C34H44N4O5. The van der Waals surface area contributed by atoms with Gasteiger partial charge in [-0.05, 0) is 75.8 Å². The number of fused-ring (bicyclic) bond motifs is 1. The number of urea groups is 1. The highest BCUT2D eigenvalue weighted by Crippen LogP contribution is 2.29. The molecule has 0 unspecified atom stereocenters. The van der Waals surface area contributed by atoms with Crippen molar-refractivity contribution < 1.29 is 24.2 Å². The number of aliphatic hydroxyl groups is 1. The highest BCUT2D eigenvalue weighted by molar-refractivity contribution is 5.90. The van der Waals surface area contributed by atoms with Crippen molar-refractivity contribution >= 4 is 17.6 Å². The Balaban J connectivity index is 1.50. The number of carbonyl (C=O) groups excluding carboxylic acids is 2. The predicted molar refractivity (Wildman–Crippen MR) is 169 cm³/mol. The van der Waals surface area contributed by atoms with Crippen LogP contribution in [-0.2, 0) is 17.8 Å². The molecule has 0 radical (unpaired) electrons. The van der Waals surface area contributed by atoms with Gasteiger partial charge in [0.1, 0.15) is 23.4 Å². The summed E-state index contributed by atoms with van der Waals surface area (Å²) in [5.74, 6) is 2.09. The number of carbonyl (C=O) groups is 2. The number of hydrogen-bond donors (Lipinski definition) is 3. The number of likely N-dealkylation sites (N-methyl/N-ethyl adjacent to an activating group) is 1. The van der Waals surface area contributed by atoms with Gasteiger partial charge in [-0.1, -0.05) is 37.3 Å². The minimum atomic E-state index is -0.329. The molecule has 9 nitrogen and oxygen atoms in total. The summed E-state index contributed by atoms with van der Waals surface area (Å²) in [7, 11) is 2.05. The fourth-order valence-corrected chi connectivity index (χ4v) is 5.13. The van der Waals surface area contributed by atoms with Crippen molar-refractivity contribution in [2.24, 2.45) is 5.92 Å². The summed E-state index contributed by atoms with van der Waals surface area (Å²) >= 11 is 0. The number of benzene rings is 3. The largest absolute Gasteiger partial charge is 0.488 e. The van der Waals surface area contributed by atoms with Gasteiger partial charge in [0.05, 0.1) is 19.1 Å². The van der Waals surface area contributed by atoms with Gasteiger partial charge in [-0.15, -0.1) is 0 Å². The smallest absolute Gasteiger partial charge is 0.319 e. The third-order valence-electron chi connectivity index (χ3n) is 7.44. The maximum Gasteiger partial charge on any atom is 0.319 e. The Morgan fingerprint density at radius 2 is 1.77 bits per heavy atom. The lowest BCUT2D eigenvalue weighted by molar-refractivity contribution is -0.134. The van der Waals surface area contributed by atoms with Crippen molar-refractivity contribution in [3.8, 4) is 17.2 Å². The summed E-state index contributed by atoms with van der Waals surface area (Å²) in [6.45, 7) is 9.37. The second-order valence-corrected chi connectivity index (χ2v) is 11.7. The number of hydrogen-bond acceptors (Lipinski definition) is 6. The molecule has 0 saturated heterocycles. The maximum atomic E-state index is 13.5. The van der Waals surface area contributed by atoms with Crippen molar-refractivity contribution in [2.45, 2.75) is 58.8 Å². The zero-order valence-electron chi connectivity index (χ0n) is 25.7. The van der Waals surface area contributed by atoms with Crippen molar-refractivity contribution in [2.75, 3.05) is 32.1 Å². The van der Waals surface area contributed by atoms with Gasteiger partial charge >= 0.3 is 6.03 Å². The van der Waals surface area contributed by atoms with Crippen LogP contribution in [0.3, 0.4) is 0 Å². The van der Waals surface area contributed by atoms with E-state index in [-0.39, 0.29) is 49.1 Å². The van der Waals surface area contributed by atoms with Crippen molar-refractivity contribution in [3.63, 3.8) is 0 Å². The van der Waals surface area contributed by atoms with Gasteiger partial charge in [0, 0.05) is 42.8 Å². The van der Waals surface area contributed by atoms with Gasteiger partial charge in [-0.2, -0.15) is 0 Å². The van der Waals surface area contributed by atoms with E-state index in [1.165, 1.54) is 0 Å². The Bertz CT molecular complexity index is 1350. The summed E-state index contributed by atoms with van der Waals surface area (Å²) in [6, 6.07) is 22.5. The summed E-state index contributed by atoms with van der Waals surface area (Å²) in [4.78, 5) is 29.7. The van der Waals surface area contributed by atoms with Gasteiger partial charge in [-0.3, -0.25) is 9.69 Å². The lowest BCUT2D eigenvalue weighted by Gasteiger charge is -2.34. The van der Waals surface area contributed by atoms with Crippen LogP contribution in [0, 0.1) is 5.92 Å². The molecule has 3 N–H and O–H groups in total. The van der Waals surface area contributed by atoms with Gasteiger partial charge in [0.25, 0.3) is 0 Å². The second-order valence-electron chi connectivity index (χ2n) is 11.7. The summed E-state index contributed by atoms with van der Waals surface area (Å²) in [5.41, 5.74) is 2.41. The fraction of sp³-hybridized carbons (Fsp3) is 0.412. The first-order chi connectivity index (χ1) is 20.6. The van der Waals surface area contributed by atoms with E-state index in [4.69, 9.17) is 9.47 Å². The van der Waals surface area contributed by atoms with Gasteiger partial charge in [-0.25, -0.2) is 4.79 Å². The molecule has 0 spiro atoms. The topological polar surface area (TPSA) is 103 Å². The molecule has 3 atom stereocenters. The third-order valence-corrected chi connectivity index (χ3v) is 7.44. The Morgan fingerprint density at radius 3 is 2.44 bits per heavy atom. The zero-order chi connectivity index (χ0) is 30.9. The van der Waals surface area contributed by atoms with E-state index in [1.807, 2.05) is 69.3 Å². The van der Waals surface area contributed by atoms with E-state index in [9.17, 15) is 14.7 Å². The van der Waals surface area contributed by atoms with Crippen LogP contribution in [0.2, 0.25) is 0 Å². The number of rotatable bonds is 10. The van der Waals surface area contributed by atoms with E-state index >= 15 is 0 Å². The van der Waals surface area contributed by atoms with E-state index in [1.54, 1.807) is 17.0 Å². The molecule has 230 valence electrons. The highest BCUT2D eigenvalue weighted by Gasteiger charge is 2.31. The van der Waals surface area contributed by atoms with Crippen LogP contribution < -0.4 is 20.1 Å². The van der Waals surface area contributed by atoms with Gasteiger partial charge < -0.3 is 30.1 Å². The molecule has 0 fully saturated rings. The molecule has 0 bridgehead atoms. The number of para-hydroxylation sites is 1. The van der Waals surface area contributed by atoms with Crippen LogP contribution >= 0.6 is 0 Å². The molecule has 1 aliphatic heterocycles. The number of ether oxygens (including phenoxy) is 2. The zero-order valence-corrected chi connectivity index (χ0v) is 25.7. The van der Waals surface area contributed by atoms with E-state index < -0.39 is 0 Å². The molecule has 3 aromatic carbocycles. The predicted octanol–water partition coefficient (Wildman–Crippen LogP) is 5.29. The number of amides is 3. The maximum absolute atomic E-state index is 13.5. The Hall–Kier alpha value is -4.08. The number of aliphatic hydroxyl groups excluding tert-OH is 1. The van der Waals surface area contributed by atoms with Crippen molar-refractivity contribution in [3.05, 3.63) is 83.9 Å². The quantitative estimate of drug-likeness (QED) is 0.298. The first-order valence-corrected chi connectivity index (χ1v) is 14.9. The number of anilines is 1. The first kappa shape index (κ1) is 31.8. The summed E-state index contributed by atoms with van der Waals surface area (Å²) in [5, 5.41) is 15.6. The van der Waals surface area contributed by atoms with E-state index in [0.29, 0.717) is 36.6 Å². The Labute approximate surface area is 254 Å².